The summed E-state index contributed by atoms with van der Waals surface area (Å²) in [5.74, 6) is -1.84. The molecule has 1 aromatic rings. The van der Waals surface area contributed by atoms with E-state index < -0.39 is 17.9 Å². The summed E-state index contributed by atoms with van der Waals surface area (Å²) in [6, 6.07) is -0.776. The van der Waals surface area contributed by atoms with Crippen LogP contribution >= 0.6 is 23.1 Å². The number of hydrogen-bond donors (Lipinski definition) is 3. The van der Waals surface area contributed by atoms with E-state index >= 15 is 0 Å². The Morgan fingerprint density at radius 1 is 1.56 bits per heavy atom. The molecule has 2 aliphatic heterocycles. The van der Waals surface area contributed by atoms with Crippen LogP contribution in [0.2, 0.25) is 0 Å². The number of carboxylic acid groups (broad SMARTS) is 1. The van der Waals surface area contributed by atoms with Crippen molar-refractivity contribution < 1.29 is 24.3 Å². The van der Waals surface area contributed by atoms with Crippen LogP contribution in [0.5, 0.6) is 0 Å². The highest BCUT2D eigenvalue weighted by Gasteiger charge is 2.50. The monoisotopic (exact) mass is 383 g/mol. The zero-order valence-corrected chi connectivity index (χ0v) is 14.5. The van der Waals surface area contributed by atoms with E-state index in [1.165, 1.54) is 30.0 Å². The van der Waals surface area contributed by atoms with Crippen molar-refractivity contribution in [3.8, 4) is 0 Å². The lowest BCUT2D eigenvalue weighted by atomic mass is 10.1. The van der Waals surface area contributed by atoms with Crippen molar-refractivity contribution in [1.82, 2.24) is 15.2 Å². The molecule has 1 aromatic heterocycles. The lowest BCUT2D eigenvalue weighted by Crippen LogP contribution is -2.69. The maximum absolute atomic E-state index is 12.5. The number of nitrogens with zero attached hydrogens (tertiary/aromatic N) is 3. The summed E-state index contributed by atoms with van der Waals surface area (Å²) in [5.41, 5.74) is 5.85. The minimum atomic E-state index is -1.07. The average Bonchev–Trinajstić information content (AvgIpc) is 3.02. The first-order chi connectivity index (χ1) is 11.9. The number of nitrogens with one attached hydrogen (secondary N) is 1. The van der Waals surface area contributed by atoms with Crippen LogP contribution in [0.1, 0.15) is 5.69 Å². The lowest BCUT2D eigenvalue weighted by Gasteiger charge is -2.46. The number of carbonyl (C=O) groups is 3. The van der Waals surface area contributed by atoms with Gasteiger partial charge in [0.15, 0.2) is 10.8 Å². The van der Waals surface area contributed by atoms with E-state index in [9.17, 15) is 14.4 Å². The highest BCUT2D eigenvalue weighted by molar-refractivity contribution is 8.00. The van der Waals surface area contributed by atoms with Crippen molar-refractivity contribution in [1.29, 1.82) is 0 Å². The van der Waals surface area contributed by atoms with Crippen molar-refractivity contribution in [2.45, 2.75) is 11.4 Å². The van der Waals surface area contributed by atoms with Gasteiger partial charge in [0.25, 0.3) is 11.8 Å². The summed E-state index contributed by atoms with van der Waals surface area (Å²) in [7, 11) is 1.29. The Labute approximate surface area is 149 Å². The second-order valence-electron chi connectivity index (χ2n) is 5.05. The summed E-state index contributed by atoms with van der Waals surface area (Å²) in [6.45, 7) is 0. The van der Waals surface area contributed by atoms with Crippen LogP contribution in [0, 0.1) is 0 Å². The SMILES string of the molecule is CON=C(C(=O)N[C@@H]1C(=O)N2C=C(C(=O)O)CS[C@H]12)c1csc(N)n1. The van der Waals surface area contributed by atoms with Gasteiger partial charge in [-0.25, -0.2) is 9.78 Å². The average molecular weight is 383 g/mol. The van der Waals surface area contributed by atoms with Gasteiger partial charge < -0.3 is 25.9 Å². The largest absolute Gasteiger partial charge is 0.478 e. The zero-order chi connectivity index (χ0) is 18.1. The number of thiazole rings is 1. The molecule has 2 aliphatic rings. The molecule has 2 atom stereocenters. The molecule has 0 saturated carbocycles. The van der Waals surface area contributed by atoms with Crippen molar-refractivity contribution in [2.75, 3.05) is 18.6 Å². The Balaban J connectivity index is 1.73. The lowest BCUT2D eigenvalue weighted by molar-refractivity contribution is -0.144. The number of carboxylic acids is 1. The van der Waals surface area contributed by atoms with Crippen LogP contribution in [0.3, 0.4) is 0 Å². The van der Waals surface area contributed by atoms with Gasteiger partial charge in [-0.15, -0.1) is 23.1 Å². The van der Waals surface area contributed by atoms with E-state index in [1.807, 2.05) is 0 Å². The predicted molar refractivity (Wildman–Crippen MR) is 90.8 cm³/mol. The highest BCUT2D eigenvalue weighted by Crippen LogP contribution is 2.36. The summed E-state index contributed by atoms with van der Waals surface area (Å²) in [4.78, 5) is 45.6. The van der Waals surface area contributed by atoms with Crippen LogP contribution in [-0.2, 0) is 19.2 Å². The van der Waals surface area contributed by atoms with Crippen molar-refractivity contribution in [3.05, 3.63) is 22.8 Å². The van der Waals surface area contributed by atoms with Gasteiger partial charge in [0.1, 0.15) is 24.2 Å². The van der Waals surface area contributed by atoms with E-state index in [0.717, 1.165) is 11.3 Å². The maximum Gasteiger partial charge on any atom is 0.333 e. The molecule has 1 fully saturated rings. The van der Waals surface area contributed by atoms with Crippen molar-refractivity contribution in [2.24, 2.45) is 5.16 Å². The molecular weight excluding hydrogens is 370 g/mol. The number of nitrogen functional groups attached to an aromatic ring is 1. The standard InChI is InChI=1S/C13H13N5O5S2/c1-23-17-7(6-4-25-13(14)15-6)9(19)16-8-10(20)18-2-5(12(21)22)3-24-11(8)18/h2,4,8,11H,3H2,1H3,(H2,14,15)(H,16,19)(H,21,22)/t8-,11-/m1/s1. The van der Waals surface area contributed by atoms with Crippen LogP contribution in [0.25, 0.3) is 0 Å². The molecule has 0 unspecified atom stereocenters. The summed E-state index contributed by atoms with van der Waals surface area (Å²) in [6.07, 6.45) is 1.31. The maximum atomic E-state index is 12.5. The van der Waals surface area contributed by atoms with Gasteiger partial charge in [-0.3, -0.25) is 9.59 Å². The van der Waals surface area contributed by atoms with E-state index in [2.05, 4.69) is 20.3 Å². The van der Waals surface area contributed by atoms with Crippen molar-refractivity contribution in [3.63, 3.8) is 0 Å². The Morgan fingerprint density at radius 2 is 2.32 bits per heavy atom. The number of β-lactam (4-membered cyclic amide) rings is 1. The van der Waals surface area contributed by atoms with Gasteiger partial charge >= 0.3 is 5.97 Å². The number of carbonyl (C=O) groups excluding carboxylic acids is 2. The fourth-order valence-corrected chi connectivity index (χ4v) is 4.13. The number of aromatic nitrogens is 1. The first-order valence-corrected chi connectivity index (χ1v) is 8.86. The summed E-state index contributed by atoms with van der Waals surface area (Å²) >= 11 is 2.41. The quantitative estimate of drug-likeness (QED) is 0.348. The van der Waals surface area contributed by atoms with Gasteiger partial charge in [-0.1, -0.05) is 5.16 Å². The van der Waals surface area contributed by atoms with Gasteiger partial charge in [0.05, 0.1) is 5.57 Å². The number of anilines is 1. The molecule has 25 heavy (non-hydrogen) atoms. The molecule has 3 heterocycles. The van der Waals surface area contributed by atoms with Gasteiger partial charge in [0.2, 0.25) is 0 Å². The molecule has 10 nitrogen and oxygen atoms in total. The molecule has 132 valence electrons. The Morgan fingerprint density at radius 3 is 2.92 bits per heavy atom. The number of aliphatic carboxylic acids is 1. The molecule has 3 rings (SSSR count). The topological polar surface area (TPSA) is 147 Å². The minimum absolute atomic E-state index is 0.0933. The van der Waals surface area contributed by atoms with Crippen molar-refractivity contribution >= 4 is 51.7 Å². The van der Waals surface area contributed by atoms with Crippen LogP contribution < -0.4 is 11.1 Å². The number of nitrogens with two attached hydrogens (primary N) is 1. The Kier molecular flexibility index (Phi) is 4.63. The predicted octanol–water partition coefficient (Wildman–Crippen LogP) is -0.556. The van der Waals surface area contributed by atoms with E-state index in [-0.39, 0.29) is 39.1 Å². The first-order valence-electron chi connectivity index (χ1n) is 6.93. The first kappa shape index (κ1) is 17.2. The molecule has 12 heteroatoms. The Hall–Kier alpha value is -2.60. The fraction of sp³-hybridized carbons (Fsp3) is 0.308. The van der Waals surface area contributed by atoms with Crippen LogP contribution in [-0.4, -0.2) is 62.8 Å². The smallest absolute Gasteiger partial charge is 0.333 e. The second-order valence-corrected chi connectivity index (χ2v) is 7.05. The number of hydrogen-bond acceptors (Lipinski definition) is 9. The fourth-order valence-electron chi connectivity index (χ4n) is 2.33. The van der Waals surface area contributed by atoms with Crippen LogP contribution in [0.15, 0.2) is 22.3 Å². The number of rotatable bonds is 5. The Bertz CT molecular complexity index is 804. The summed E-state index contributed by atoms with van der Waals surface area (Å²) < 4.78 is 0. The van der Waals surface area contributed by atoms with E-state index in [4.69, 9.17) is 10.8 Å². The van der Waals surface area contributed by atoms with Gasteiger partial charge in [-0.05, 0) is 0 Å². The molecular formula is C13H13N5O5S2. The zero-order valence-electron chi connectivity index (χ0n) is 12.8. The van der Waals surface area contributed by atoms with E-state index in [1.54, 1.807) is 5.38 Å². The summed E-state index contributed by atoms with van der Waals surface area (Å²) in [5, 5.41) is 16.7. The molecule has 2 amide bonds. The molecule has 4 N–H and O–H groups in total. The molecule has 0 aromatic carbocycles. The molecule has 0 radical (unpaired) electrons. The normalized spacial score (nSPS) is 22.6. The number of fused-ring (bicyclic) bond motifs is 1. The van der Waals surface area contributed by atoms with E-state index in [0.29, 0.717) is 0 Å². The number of amides is 2. The highest BCUT2D eigenvalue weighted by atomic mass is 32.2. The molecule has 0 bridgehead atoms. The minimum Gasteiger partial charge on any atom is -0.478 e. The molecule has 0 aliphatic carbocycles. The third kappa shape index (κ3) is 3.17. The van der Waals surface area contributed by atoms with Gasteiger partial charge in [-0.2, -0.15) is 0 Å². The number of oxime groups is 1. The van der Waals surface area contributed by atoms with Crippen LogP contribution in [0.4, 0.5) is 5.13 Å². The third-order valence-corrected chi connectivity index (χ3v) is 5.50. The second kappa shape index (κ2) is 6.72. The molecule has 0 spiro atoms. The molecule has 1 saturated heterocycles. The third-order valence-electron chi connectivity index (χ3n) is 3.51. The number of thioether (sulfide) groups is 1. The van der Waals surface area contributed by atoms with Gasteiger partial charge in [0, 0.05) is 17.3 Å².